The summed E-state index contributed by atoms with van der Waals surface area (Å²) in [5.41, 5.74) is 4.90. The lowest BCUT2D eigenvalue weighted by molar-refractivity contribution is 0.684. The molecule has 0 saturated heterocycles. The van der Waals surface area contributed by atoms with Gasteiger partial charge in [-0.15, -0.1) is 0 Å². The Morgan fingerprint density at radius 3 is 2.38 bits per heavy atom. The van der Waals surface area contributed by atoms with E-state index in [9.17, 15) is 4.21 Å². The fourth-order valence-corrected chi connectivity index (χ4v) is 3.20. The highest BCUT2D eigenvalue weighted by Crippen LogP contribution is 2.31. The predicted molar refractivity (Wildman–Crippen MR) is 102 cm³/mol. The van der Waals surface area contributed by atoms with E-state index in [0.717, 1.165) is 33.2 Å². The lowest BCUT2D eigenvalue weighted by Crippen LogP contribution is -2.03. The van der Waals surface area contributed by atoms with Crippen LogP contribution >= 0.6 is 0 Å². The Hall–Kier alpha value is -3.00. The first-order valence-electron chi connectivity index (χ1n) is 7.63. The molecule has 3 aromatic heterocycles. The number of fused-ring (bicyclic) bond motifs is 1. The summed E-state index contributed by atoms with van der Waals surface area (Å²) in [6.45, 7) is 0. The van der Waals surface area contributed by atoms with E-state index in [1.165, 1.54) is 6.20 Å². The third-order valence-corrected chi connectivity index (χ3v) is 4.70. The Labute approximate surface area is 152 Å². The smallest absolute Gasteiger partial charge is 0.123 e. The molecule has 26 heavy (non-hydrogen) atoms. The zero-order valence-electron chi connectivity index (χ0n) is 13.7. The maximum absolute atomic E-state index is 11.5. The van der Waals surface area contributed by atoms with Gasteiger partial charge in [-0.2, -0.15) is 0 Å². The van der Waals surface area contributed by atoms with Crippen LogP contribution in [0.5, 0.6) is 0 Å². The molecule has 0 aliphatic carbocycles. The van der Waals surface area contributed by atoms with Crippen LogP contribution < -0.4 is 5.14 Å². The van der Waals surface area contributed by atoms with Crippen molar-refractivity contribution < 1.29 is 9.69 Å². The molecule has 1 unspecified atom stereocenters. The zero-order valence-corrected chi connectivity index (χ0v) is 14.5. The lowest BCUT2D eigenvalue weighted by atomic mass is 9.98. The molecule has 0 aliphatic rings. The molecule has 0 radical (unpaired) electrons. The molecule has 0 bridgehead atoms. The molecule has 3 heterocycles. The second kappa shape index (κ2) is 7.49. The van der Waals surface area contributed by atoms with Crippen LogP contribution in [0.15, 0.2) is 78.3 Å². The number of nitrogens with two attached hydrogens (primary N) is 1. The highest BCUT2D eigenvalue weighted by atomic mass is 32.2. The molecule has 1 aromatic carbocycles. The van der Waals surface area contributed by atoms with Gasteiger partial charge in [0.2, 0.25) is 0 Å². The predicted octanol–water partition coefficient (Wildman–Crippen LogP) is 2.52. The van der Waals surface area contributed by atoms with E-state index in [2.05, 4.69) is 21.0 Å². The van der Waals surface area contributed by atoms with E-state index in [1.807, 2.05) is 30.3 Å². The summed E-state index contributed by atoms with van der Waals surface area (Å²) in [5, 5.41) is 6.50. The second-order valence-electron chi connectivity index (χ2n) is 5.53. The minimum absolute atomic E-state index is 0. The number of hydrogen-bond donors (Lipinski definition) is 1. The van der Waals surface area contributed by atoms with Crippen molar-refractivity contribution in [2.45, 2.75) is 4.90 Å². The van der Waals surface area contributed by atoms with Gasteiger partial charge in [0.05, 0.1) is 10.4 Å². The number of hydrogen-bond acceptors (Lipinski definition) is 4. The molecule has 0 amide bonds. The Morgan fingerprint density at radius 1 is 0.808 bits per heavy atom. The summed E-state index contributed by atoms with van der Waals surface area (Å²) < 4.78 is 11.5. The third kappa shape index (κ3) is 3.36. The summed E-state index contributed by atoms with van der Waals surface area (Å²) in [5.74, 6) is 0. The SMILES string of the molecule is NS(=O)c1cncc(-c2ccc3nccc(-c4ccncc4)c3c2)c1.O. The monoisotopic (exact) mass is 364 g/mol. The van der Waals surface area contributed by atoms with E-state index in [-0.39, 0.29) is 5.48 Å². The Bertz CT molecular complexity index is 1090. The van der Waals surface area contributed by atoms with Crippen molar-refractivity contribution in [1.29, 1.82) is 0 Å². The van der Waals surface area contributed by atoms with Crippen molar-refractivity contribution in [2.24, 2.45) is 5.14 Å². The van der Waals surface area contributed by atoms with Gasteiger partial charge in [-0.25, -0.2) is 9.35 Å². The van der Waals surface area contributed by atoms with Gasteiger partial charge >= 0.3 is 0 Å². The molecule has 0 spiro atoms. The van der Waals surface area contributed by atoms with E-state index in [4.69, 9.17) is 5.14 Å². The maximum Gasteiger partial charge on any atom is 0.123 e. The van der Waals surface area contributed by atoms with Gasteiger partial charge in [0.1, 0.15) is 11.0 Å². The van der Waals surface area contributed by atoms with Crippen molar-refractivity contribution in [3.63, 3.8) is 0 Å². The summed E-state index contributed by atoms with van der Waals surface area (Å²) in [6.07, 6.45) is 8.60. The van der Waals surface area contributed by atoms with Crippen LogP contribution in [0.25, 0.3) is 33.2 Å². The number of rotatable bonds is 3. The molecule has 130 valence electrons. The number of benzene rings is 1. The Morgan fingerprint density at radius 2 is 1.62 bits per heavy atom. The van der Waals surface area contributed by atoms with Crippen molar-refractivity contribution >= 4 is 21.9 Å². The fraction of sp³-hybridized carbons (Fsp3) is 0. The molecule has 1 atom stereocenters. The first kappa shape index (κ1) is 17.8. The van der Waals surface area contributed by atoms with Crippen LogP contribution in [0.2, 0.25) is 0 Å². The van der Waals surface area contributed by atoms with E-state index in [1.54, 1.807) is 30.9 Å². The number of nitrogens with zero attached hydrogens (tertiary/aromatic N) is 3. The standard InChI is InChI=1S/C19H14N4OS.H2O/c20-25(24)16-9-15(11-22-12-16)14-1-2-19-18(10-14)17(5-8-23-19)13-3-6-21-7-4-13;/h1-12H,20H2;1H2. The van der Waals surface area contributed by atoms with Crippen LogP contribution in [0.3, 0.4) is 0 Å². The van der Waals surface area contributed by atoms with Crippen molar-refractivity contribution in [3.8, 4) is 22.3 Å². The Balaban J connectivity index is 0.00000196. The van der Waals surface area contributed by atoms with E-state index < -0.39 is 11.0 Å². The van der Waals surface area contributed by atoms with Gasteiger partial charge in [-0.3, -0.25) is 15.0 Å². The van der Waals surface area contributed by atoms with Gasteiger partial charge in [-0.1, -0.05) is 6.07 Å². The quantitative estimate of drug-likeness (QED) is 0.601. The number of aromatic nitrogens is 3. The first-order valence-corrected chi connectivity index (χ1v) is 8.84. The minimum Gasteiger partial charge on any atom is -0.412 e. The highest BCUT2D eigenvalue weighted by Gasteiger charge is 2.08. The van der Waals surface area contributed by atoms with Gasteiger partial charge in [0, 0.05) is 41.9 Å². The second-order valence-corrected chi connectivity index (χ2v) is 6.60. The lowest BCUT2D eigenvalue weighted by Gasteiger charge is -2.09. The maximum atomic E-state index is 11.5. The average molecular weight is 364 g/mol. The number of pyridine rings is 3. The normalized spacial score (nSPS) is 11.7. The molecule has 7 heteroatoms. The molecule has 0 saturated carbocycles. The molecule has 4 N–H and O–H groups in total. The summed E-state index contributed by atoms with van der Waals surface area (Å²) >= 11 is 0. The fourth-order valence-electron chi connectivity index (χ4n) is 2.80. The van der Waals surface area contributed by atoms with Crippen LogP contribution in [0.1, 0.15) is 0 Å². The minimum atomic E-state index is -1.56. The van der Waals surface area contributed by atoms with Crippen LogP contribution in [0.4, 0.5) is 0 Å². The third-order valence-electron chi connectivity index (χ3n) is 4.01. The van der Waals surface area contributed by atoms with Crippen LogP contribution in [0, 0.1) is 0 Å². The molecule has 4 rings (SSSR count). The van der Waals surface area contributed by atoms with Crippen molar-refractivity contribution in [2.75, 3.05) is 0 Å². The van der Waals surface area contributed by atoms with Gasteiger partial charge in [0.15, 0.2) is 0 Å². The first-order chi connectivity index (χ1) is 12.2. The molecular weight excluding hydrogens is 348 g/mol. The van der Waals surface area contributed by atoms with Crippen LogP contribution in [-0.2, 0) is 11.0 Å². The zero-order chi connectivity index (χ0) is 17.2. The van der Waals surface area contributed by atoms with Crippen LogP contribution in [-0.4, -0.2) is 24.6 Å². The molecule has 4 aromatic rings. The molecule has 0 fully saturated rings. The topological polar surface area (TPSA) is 113 Å². The van der Waals surface area contributed by atoms with Crippen molar-refractivity contribution in [3.05, 3.63) is 73.4 Å². The van der Waals surface area contributed by atoms with Gasteiger partial charge in [0.25, 0.3) is 0 Å². The molecule has 0 aliphatic heterocycles. The molecular formula is C19H16N4O2S. The van der Waals surface area contributed by atoms with Gasteiger partial charge < -0.3 is 5.48 Å². The Kier molecular flexibility index (Phi) is 5.13. The van der Waals surface area contributed by atoms with Gasteiger partial charge in [-0.05, 0) is 53.1 Å². The molecule has 6 nitrogen and oxygen atoms in total. The highest BCUT2D eigenvalue weighted by molar-refractivity contribution is 7.82. The van der Waals surface area contributed by atoms with Crippen molar-refractivity contribution in [1.82, 2.24) is 15.0 Å². The van der Waals surface area contributed by atoms with E-state index >= 15 is 0 Å². The summed E-state index contributed by atoms with van der Waals surface area (Å²) in [4.78, 5) is 13.2. The summed E-state index contributed by atoms with van der Waals surface area (Å²) in [7, 11) is -1.56. The summed E-state index contributed by atoms with van der Waals surface area (Å²) in [6, 6.07) is 13.8. The van der Waals surface area contributed by atoms with E-state index in [0.29, 0.717) is 4.90 Å². The largest absolute Gasteiger partial charge is 0.412 e. The average Bonchev–Trinajstić information content (AvgIpc) is 2.68.